The summed E-state index contributed by atoms with van der Waals surface area (Å²) in [7, 11) is 0. The third-order valence-corrected chi connectivity index (χ3v) is 2.80. The van der Waals surface area contributed by atoms with Gasteiger partial charge in [0.15, 0.2) is 0 Å². The third-order valence-electron chi connectivity index (χ3n) is 2.80. The van der Waals surface area contributed by atoms with Gasteiger partial charge in [-0.3, -0.25) is 0 Å². The fraction of sp³-hybridized carbons (Fsp3) is 0.538. The summed E-state index contributed by atoms with van der Waals surface area (Å²) in [5, 5.41) is 19.0. The molecule has 1 aromatic carbocycles. The molecule has 18 heavy (non-hydrogen) atoms. The van der Waals surface area contributed by atoms with Crippen molar-refractivity contribution in [2.75, 3.05) is 0 Å². The summed E-state index contributed by atoms with van der Waals surface area (Å²) < 4.78 is 13.5. The molecule has 0 aromatic heterocycles. The highest BCUT2D eigenvalue weighted by Gasteiger charge is 2.20. The number of nitrogens with two attached hydrogens (primary N) is 1. The molecule has 1 aromatic rings. The van der Waals surface area contributed by atoms with Gasteiger partial charge in [0.05, 0.1) is 12.1 Å². The van der Waals surface area contributed by atoms with Crippen molar-refractivity contribution in [1.29, 1.82) is 0 Å². The van der Waals surface area contributed by atoms with Gasteiger partial charge in [-0.15, -0.1) is 12.4 Å². The highest BCUT2D eigenvalue weighted by Crippen LogP contribution is 2.24. The molecule has 1 rings (SSSR count). The van der Waals surface area contributed by atoms with Gasteiger partial charge in [-0.25, -0.2) is 4.39 Å². The van der Waals surface area contributed by atoms with Crippen molar-refractivity contribution in [3.05, 3.63) is 29.6 Å². The Kier molecular flexibility index (Phi) is 7.21. The second-order valence-electron chi connectivity index (χ2n) is 4.77. The quantitative estimate of drug-likeness (QED) is 0.775. The number of aliphatic hydroxyl groups is 1. The van der Waals surface area contributed by atoms with Crippen molar-refractivity contribution in [1.82, 2.24) is 0 Å². The summed E-state index contributed by atoms with van der Waals surface area (Å²) in [6, 6.07) is 3.03. The standard InChI is InChI=1S/C13H20FNO2.ClH/c1-8(2)3-6-12(17)13(15)10-5-4-9(16)7-11(10)14;/h4-5,7-8,12-13,16-17H,3,6,15H2,1-2H3;1H/t12-,13+;/m0./s1. The molecule has 0 spiro atoms. The van der Waals surface area contributed by atoms with E-state index in [1.807, 2.05) is 0 Å². The van der Waals surface area contributed by atoms with Crippen LogP contribution in [0.5, 0.6) is 5.75 Å². The fourth-order valence-corrected chi connectivity index (χ4v) is 1.68. The van der Waals surface area contributed by atoms with Crippen molar-refractivity contribution < 1.29 is 14.6 Å². The number of aromatic hydroxyl groups is 1. The van der Waals surface area contributed by atoms with E-state index >= 15 is 0 Å². The predicted molar refractivity (Wildman–Crippen MR) is 72.3 cm³/mol. The lowest BCUT2D eigenvalue weighted by Gasteiger charge is -2.20. The maximum Gasteiger partial charge on any atom is 0.131 e. The van der Waals surface area contributed by atoms with Gasteiger partial charge < -0.3 is 15.9 Å². The molecule has 0 saturated carbocycles. The third kappa shape index (κ3) is 4.80. The lowest BCUT2D eigenvalue weighted by Crippen LogP contribution is -2.27. The molecular formula is C13H21ClFNO2. The van der Waals surface area contributed by atoms with Gasteiger partial charge in [-0.2, -0.15) is 0 Å². The second kappa shape index (κ2) is 7.56. The predicted octanol–water partition coefficient (Wildman–Crippen LogP) is 2.75. The average molecular weight is 278 g/mol. The number of hydrogen-bond donors (Lipinski definition) is 3. The van der Waals surface area contributed by atoms with Gasteiger partial charge in [0.25, 0.3) is 0 Å². The van der Waals surface area contributed by atoms with Crippen molar-refractivity contribution in [3.63, 3.8) is 0 Å². The van der Waals surface area contributed by atoms with Crippen molar-refractivity contribution in [2.24, 2.45) is 11.7 Å². The number of hydrogen-bond acceptors (Lipinski definition) is 3. The van der Waals surface area contributed by atoms with Gasteiger partial charge in [-0.1, -0.05) is 19.9 Å². The Morgan fingerprint density at radius 2 is 1.89 bits per heavy atom. The summed E-state index contributed by atoms with van der Waals surface area (Å²) in [4.78, 5) is 0. The number of phenols is 1. The van der Waals surface area contributed by atoms with E-state index in [1.165, 1.54) is 12.1 Å². The highest BCUT2D eigenvalue weighted by atomic mass is 35.5. The number of phenolic OH excluding ortho intramolecular Hbond substituents is 1. The van der Waals surface area contributed by atoms with Crippen LogP contribution in [0, 0.1) is 11.7 Å². The smallest absolute Gasteiger partial charge is 0.131 e. The molecule has 3 nitrogen and oxygen atoms in total. The molecule has 0 radical (unpaired) electrons. The van der Waals surface area contributed by atoms with Gasteiger partial charge in [0.2, 0.25) is 0 Å². The van der Waals surface area contributed by atoms with Gasteiger partial charge in [-0.05, 0) is 24.8 Å². The molecule has 2 atom stereocenters. The van der Waals surface area contributed by atoms with E-state index in [1.54, 1.807) is 0 Å². The van der Waals surface area contributed by atoms with E-state index in [2.05, 4.69) is 13.8 Å². The molecular weight excluding hydrogens is 257 g/mol. The van der Waals surface area contributed by atoms with Crippen LogP contribution in [-0.2, 0) is 0 Å². The van der Waals surface area contributed by atoms with E-state index in [-0.39, 0.29) is 23.7 Å². The highest BCUT2D eigenvalue weighted by molar-refractivity contribution is 5.85. The second-order valence-corrected chi connectivity index (χ2v) is 4.77. The summed E-state index contributed by atoms with van der Waals surface area (Å²) in [6.07, 6.45) is 0.615. The Morgan fingerprint density at radius 3 is 2.39 bits per heavy atom. The molecule has 0 aliphatic heterocycles. The minimum Gasteiger partial charge on any atom is -0.508 e. The van der Waals surface area contributed by atoms with Crippen LogP contribution in [0.2, 0.25) is 0 Å². The molecule has 0 fully saturated rings. The molecule has 5 heteroatoms. The lowest BCUT2D eigenvalue weighted by atomic mass is 9.95. The average Bonchev–Trinajstić information content (AvgIpc) is 2.25. The Morgan fingerprint density at radius 1 is 1.28 bits per heavy atom. The van der Waals surface area contributed by atoms with Crippen molar-refractivity contribution in [2.45, 2.75) is 38.8 Å². The normalized spacial score (nSPS) is 14.1. The summed E-state index contributed by atoms with van der Waals surface area (Å²) in [5.41, 5.74) is 6.04. The number of halogens is 2. The molecule has 0 saturated heterocycles. The fourth-order valence-electron chi connectivity index (χ4n) is 1.68. The van der Waals surface area contributed by atoms with E-state index in [9.17, 15) is 9.50 Å². The maximum atomic E-state index is 13.5. The van der Waals surface area contributed by atoms with E-state index in [0.717, 1.165) is 12.5 Å². The Balaban J connectivity index is 0.00000289. The molecule has 0 aliphatic carbocycles. The first-order chi connectivity index (χ1) is 7.91. The van der Waals surface area contributed by atoms with E-state index in [4.69, 9.17) is 10.8 Å². The SMILES string of the molecule is CC(C)CC[C@H](O)[C@H](N)c1ccc(O)cc1F.Cl. The summed E-state index contributed by atoms with van der Waals surface area (Å²) in [6.45, 7) is 4.11. The zero-order chi connectivity index (χ0) is 13.0. The van der Waals surface area contributed by atoms with Gasteiger partial charge in [0.1, 0.15) is 11.6 Å². The van der Waals surface area contributed by atoms with E-state index < -0.39 is 18.0 Å². The lowest BCUT2D eigenvalue weighted by molar-refractivity contribution is 0.127. The topological polar surface area (TPSA) is 66.5 Å². The van der Waals surface area contributed by atoms with Crippen LogP contribution in [0.1, 0.15) is 38.3 Å². The monoisotopic (exact) mass is 277 g/mol. The van der Waals surface area contributed by atoms with Crippen LogP contribution >= 0.6 is 12.4 Å². The van der Waals surface area contributed by atoms with Crippen LogP contribution < -0.4 is 5.73 Å². The first kappa shape index (κ1) is 17.2. The minimum atomic E-state index is -0.767. The van der Waals surface area contributed by atoms with Crippen LogP contribution in [-0.4, -0.2) is 16.3 Å². The van der Waals surface area contributed by atoms with Crippen LogP contribution in [0.4, 0.5) is 4.39 Å². The zero-order valence-corrected chi connectivity index (χ0v) is 11.5. The number of aliphatic hydroxyl groups excluding tert-OH is 1. The first-order valence-electron chi connectivity index (χ1n) is 5.84. The zero-order valence-electron chi connectivity index (χ0n) is 10.6. The Bertz CT molecular complexity index is 374. The number of rotatable bonds is 5. The molecule has 0 amide bonds. The van der Waals surface area contributed by atoms with Crippen LogP contribution in [0.15, 0.2) is 18.2 Å². The minimum absolute atomic E-state index is 0. The molecule has 104 valence electrons. The molecule has 0 bridgehead atoms. The van der Waals surface area contributed by atoms with Crippen molar-refractivity contribution >= 4 is 12.4 Å². The molecule has 0 aliphatic rings. The summed E-state index contributed by atoms with van der Waals surface area (Å²) >= 11 is 0. The van der Waals surface area contributed by atoms with Crippen LogP contribution in [0.25, 0.3) is 0 Å². The van der Waals surface area contributed by atoms with Crippen molar-refractivity contribution in [3.8, 4) is 5.75 Å². The molecule has 0 unspecified atom stereocenters. The van der Waals surface area contributed by atoms with Crippen LogP contribution in [0.3, 0.4) is 0 Å². The summed E-state index contributed by atoms with van der Waals surface area (Å²) in [5.74, 6) is -0.252. The maximum absolute atomic E-state index is 13.5. The van der Waals surface area contributed by atoms with Gasteiger partial charge >= 0.3 is 0 Å². The largest absolute Gasteiger partial charge is 0.508 e. The van der Waals surface area contributed by atoms with Gasteiger partial charge in [0, 0.05) is 11.6 Å². The van der Waals surface area contributed by atoms with E-state index in [0.29, 0.717) is 12.3 Å². The number of benzene rings is 1. The Hall–Kier alpha value is -0.840. The molecule has 0 heterocycles. The first-order valence-corrected chi connectivity index (χ1v) is 5.84. The Labute approximate surface area is 113 Å². The molecule has 4 N–H and O–H groups in total.